The molecule has 0 unspecified atom stereocenters. The third-order valence-corrected chi connectivity index (χ3v) is 5.43. The highest BCUT2D eigenvalue weighted by Gasteiger charge is 2.26. The Morgan fingerprint density at radius 2 is 1.65 bits per heavy atom. The SMILES string of the molecule is Cc1n(CC(=O)N2CCCCC2)c2ccccc2[n+]1Cc1ccccc1. The van der Waals surface area contributed by atoms with Crippen molar-refractivity contribution in [3.63, 3.8) is 0 Å². The minimum absolute atomic E-state index is 0.236. The molecule has 0 spiro atoms. The van der Waals surface area contributed by atoms with Crippen molar-refractivity contribution in [2.75, 3.05) is 13.1 Å². The molecule has 1 saturated heterocycles. The van der Waals surface area contributed by atoms with Crippen molar-refractivity contribution >= 4 is 16.9 Å². The Kier molecular flexibility index (Phi) is 4.74. The van der Waals surface area contributed by atoms with Crippen LogP contribution in [0, 0.1) is 6.92 Å². The molecule has 1 aliphatic rings. The van der Waals surface area contributed by atoms with Crippen LogP contribution in [0.3, 0.4) is 0 Å². The number of amides is 1. The van der Waals surface area contributed by atoms with Crippen molar-refractivity contribution in [1.29, 1.82) is 0 Å². The maximum Gasteiger partial charge on any atom is 0.264 e. The monoisotopic (exact) mass is 348 g/mol. The smallest absolute Gasteiger partial charge is 0.264 e. The van der Waals surface area contributed by atoms with Crippen LogP contribution in [-0.4, -0.2) is 28.5 Å². The number of fused-ring (bicyclic) bond motifs is 1. The van der Waals surface area contributed by atoms with Crippen LogP contribution in [-0.2, 0) is 17.9 Å². The Hall–Kier alpha value is -2.62. The third-order valence-electron chi connectivity index (χ3n) is 5.43. The second kappa shape index (κ2) is 7.32. The molecular formula is C22H26N3O+. The zero-order valence-electron chi connectivity index (χ0n) is 15.4. The summed E-state index contributed by atoms with van der Waals surface area (Å²) in [6.45, 7) is 5.17. The Morgan fingerprint density at radius 1 is 0.962 bits per heavy atom. The Morgan fingerprint density at radius 3 is 2.42 bits per heavy atom. The summed E-state index contributed by atoms with van der Waals surface area (Å²) in [5.41, 5.74) is 3.58. The van der Waals surface area contributed by atoms with Crippen LogP contribution in [0.15, 0.2) is 54.6 Å². The average molecular weight is 348 g/mol. The molecule has 0 aliphatic carbocycles. The summed E-state index contributed by atoms with van der Waals surface area (Å²) in [5.74, 6) is 1.36. The van der Waals surface area contributed by atoms with E-state index < -0.39 is 0 Å². The van der Waals surface area contributed by atoms with Crippen molar-refractivity contribution in [2.45, 2.75) is 39.3 Å². The van der Waals surface area contributed by atoms with Gasteiger partial charge in [-0.1, -0.05) is 42.5 Å². The number of rotatable bonds is 4. The number of carbonyl (C=O) groups excluding carboxylic acids is 1. The van der Waals surface area contributed by atoms with Gasteiger partial charge in [0.15, 0.2) is 17.6 Å². The number of para-hydroxylation sites is 2. The summed E-state index contributed by atoms with van der Waals surface area (Å²) in [7, 11) is 0. The standard InChI is InChI=1S/C22H26N3O/c1-18-24(16-19-10-4-2-5-11-19)20-12-6-7-13-21(20)25(18)17-22(26)23-14-8-3-9-15-23/h2,4-7,10-13H,3,8-9,14-17H2,1H3/q+1. The Bertz CT molecular complexity index is 908. The Labute approximate surface area is 154 Å². The maximum absolute atomic E-state index is 12.8. The van der Waals surface area contributed by atoms with E-state index in [2.05, 4.69) is 64.6 Å². The fraction of sp³-hybridized carbons (Fsp3) is 0.364. The van der Waals surface area contributed by atoms with Gasteiger partial charge in [0.1, 0.15) is 6.54 Å². The minimum Gasteiger partial charge on any atom is -0.339 e. The first-order valence-electron chi connectivity index (χ1n) is 9.53. The molecule has 26 heavy (non-hydrogen) atoms. The van der Waals surface area contributed by atoms with Crippen LogP contribution in [0.2, 0.25) is 0 Å². The van der Waals surface area contributed by atoms with E-state index >= 15 is 0 Å². The van der Waals surface area contributed by atoms with Crippen LogP contribution in [0.1, 0.15) is 30.7 Å². The van der Waals surface area contributed by atoms with Gasteiger partial charge in [-0.2, -0.15) is 0 Å². The predicted octanol–water partition coefficient (Wildman–Crippen LogP) is 3.30. The Balaban J connectivity index is 1.68. The summed E-state index contributed by atoms with van der Waals surface area (Å²) in [4.78, 5) is 14.9. The van der Waals surface area contributed by atoms with E-state index in [0.717, 1.165) is 43.8 Å². The molecule has 0 N–H and O–H groups in total. The van der Waals surface area contributed by atoms with Crippen molar-refractivity contribution in [1.82, 2.24) is 9.47 Å². The van der Waals surface area contributed by atoms with Crippen LogP contribution < -0.4 is 4.57 Å². The van der Waals surface area contributed by atoms with Gasteiger partial charge >= 0.3 is 0 Å². The summed E-state index contributed by atoms with van der Waals surface area (Å²) in [6.07, 6.45) is 3.50. The van der Waals surface area contributed by atoms with Crippen molar-refractivity contribution in [3.8, 4) is 0 Å². The number of aromatic nitrogens is 2. The summed E-state index contributed by atoms with van der Waals surface area (Å²) in [6, 6.07) is 18.9. The molecule has 0 atom stereocenters. The van der Waals surface area contributed by atoms with Crippen LogP contribution in [0.4, 0.5) is 0 Å². The van der Waals surface area contributed by atoms with Gasteiger partial charge < -0.3 is 4.90 Å². The number of nitrogens with zero attached hydrogens (tertiary/aromatic N) is 3. The maximum atomic E-state index is 12.8. The van der Waals surface area contributed by atoms with E-state index in [-0.39, 0.29) is 5.91 Å². The number of carbonyl (C=O) groups is 1. The molecule has 1 amide bonds. The summed E-state index contributed by atoms with van der Waals surface area (Å²) < 4.78 is 4.49. The first-order valence-corrected chi connectivity index (χ1v) is 9.53. The predicted molar refractivity (Wildman–Crippen MR) is 103 cm³/mol. The molecule has 0 bridgehead atoms. The van der Waals surface area contributed by atoms with Crippen molar-refractivity contribution in [2.24, 2.45) is 0 Å². The topological polar surface area (TPSA) is 29.1 Å². The first kappa shape index (κ1) is 16.8. The van der Waals surface area contributed by atoms with Gasteiger partial charge in [0.05, 0.1) is 0 Å². The second-order valence-corrected chi connectivity index (χ2v) is 7.14. The first-order chi connectivity index (χ1) is 12.7. The molecule has 134 valence electrons. The van der Waals surface area contributed by atoms with Crippen LogP contribution >= 0.6 is 0 Å². The number of benzene rings is 2. The molecule has 1 aliphatic heterocycles. The molecule has 4 nitrogen and oxygen atoms in total. The van der Waals surface area contributed by atoms with Crippen molar-refractivity contribution < 1.29 is 9.36 Å². The van der Waals surface area contributed by atoms with E-state index in [1.54, 1.807) is 0 Å². The highest BCUT2D eigenvalue weighted by atomic mass is 16.2. The minimum atomic E-state index is 0.236. The lowest BCUT2D eigenvalue weighted by atomic mass is 10.1. The van der Waals surface area contributed by atoms with E-state index in [0.29, 0.717) is 6.54 Å². The second-order valence-electron chi connectivity index (χ2n) is 7.14. The van der Waals surface area contributed by atoms with Gasteiger partial charge in [0.2, 0.25) is 0 Å². The molecule has 2 heterocycles. The van der Waals surface area contributed by atoms with E-state index in [9.17, 15) is 4.79 Å². The fourth-order valence-electron chi connectivity index (χ4n) is 3.96. The quantitative estimate of drug-likeness (QED) is 0.665. The number of imidazole rings is 1. The van der Waals surface area contributed by atoms with Crippen molar-refractivity contribution in [3.05, 3.63) is 66.0 Å². The number of hydrogen-bond acceptors (Lipinski definition) is 1. The normalized spacial score (nSPS) is 14.7. The molecular weight excluding hydrogens is 322 g/mol. The fourth-order valence-corrected chi connectivity index (χ4v) is 3.96. The van der Waals surface area contributed by atoms with Gasteiger partial charge in [-0.3, -0.25) is 4.79 Å². The number of hydrogen-bond donors (Lipinski definition) is 0. The zero-order chi connectivity index (χ0) is 17.9. The number of piperidine rings is 1. The lowest BCUT2D eigenvalue weighted by molar-refractivity contribution is -0.669. The van der Waals surface area contributed by atoms with Gasteiger partial charge in [-0.15, -0.1) is 0 Å². The highest BCUT2D eigenvalue weighted by molar-refractivity contribution is 5.79. The molecule has 1 aromatic heterocycles. The van der Waals surface area contributed by atoms with Gasteiger partial charge in [0.25, 0.3) is 11.7 Å². The zero-order valence-corrected chi connectivity index (χ0v) is 15.4. The van der Waals surface area contributed by atoms with Gasteiger partial charge in [-0.05, 0) is 37.0 Å². The lowest BCUT2D eigenvalue weighted by Gasteiger charge is -2.26. The third kappa shape index (κ3) is 3.24. The molecule has 4 rings (SSSR count). The largest absolute Gasteiger partial charge is 0.339 e. The summed E-state index contributed by atoms with van der Waals surface area (Å²) in [5, 5.41) is 0. The van der Waals surface area contributed by atoms with Crippen LogP contribution in [0.5, 0.6) is 0 Å². The summed E-state index contributed by atoms with van der Waals surface area (Å²) >= 11 is 0. The average Bonchev–Trinajstić information content (AvgIpc) is 2.95. The molecule has 3 aromatic rings. The molecule has 0 saturated carbocycles. The molecule has 4 heteroatoms. The lowest BCUT2D eigenvalue weighted by Crippen LogP contribution is -2.40. The van der Waals surface area contributed by atoms with Crippen LogP contribution in [0.25, 0.3) is 11.0 Å². The van der Waals surface area contributed by atoms with E-state index in [4.69, 9.17) is 0 Å². The molecule has 1 fully saturated rings. The molecule has 2 aromatic carbocycles. The molecule has 0 radical (unpaired) electrons. The van der Waals surface area contributed by atoms with Gasteiger partial charge in [-0.25, -0.2) is 9.13 Å². The highest BCUT2D eigenvalue weighted by Crippen LogP contribution is 2.17. The van der Waals surface area contributed by atoms with E-state index in [1.165, 1.54) is 17.5 Å². The van der Waals surface area contributed by atoms with E-state index in [1.807, 2.05) is 11.0 Å². The van der Waals surface area contributed by atoms with Gasteiger partial charge in [0, 0.05) is 20.0 Å². The number of likely N-dealkylation sites (tertiary alicyclic amines) is 1.